The first-order valence-electron chi connectivity index (χ1n) is 8.77. The number of nitrogens with one attached hydrogen (secondary N) is 2. The Labute approximate surface area is 189 Å². The zero-order valence-electron chi connectivity index (χ0n) is 15.9. The number of anilines is 2. The van der Waals surface area contributed by atoms with Crippen LogP contribution in [0.4, 0.5) is 11.4 Å². The van der Waals surface area contributed by atoms with Crippen LogP contribution in [0.15, 0.2) is 76.5 Å². The first kappa shape index (κ1) is 22.5. The van der Waals surface area contributed by atoms with E-state index in [4.69, 9.17) is 23.2 Å². The van der Waals surface area contributed by atoms with Gasteiger partial charge in [-0.3, -0.25) is 9.52 Å². The van der Waals surface area contributed by atoms with E-state index in [1.54, 1.807) is 36.0 Å². The molecule has 1 amide bonds. The molecule has 0 radical (unpaired) electrons. The lowest BCUT2D eigenvalue weighted by atomic mass is 10.1. The van der Waals surface area contributed by atoms with Crippen molar-refractivity contribution in [2.24, 2.45) is 0 Å². The van der Waals surface area contributed by atoms with Crippen molar-refractivity contribution in [3.8, 4) is 0 Å². The smallest absolute Gasteiger partial charge is 0.261 e. The summed E-state index contributed by atoms with van der Waals surface area (Å²) in [4.78, 5) is 13.4. The van der Waals surface area contributed by atoms with Crippen LogP contribution < -0.4 is 10.0 Å². The van der Waals surface area contributed by atoms with E-state index < -0.39 is 10.0 Å². The topological polar surface area (TPSA) is 75.3 Å². The number of amides is 1. The molecular weight excluding hydrogens is 463 g/mol. The summed E-state index contributed by atoms with van der Waals surface area (Å²) in [5, 5.41) is 3.28. The van der Waals surface area contributed by atoms with E-state index in [9.17, 15) is 13.2 Å². The molecule has 0 spiro atoms. The molecule has 0 heterocycles. The number of carbonyl (C=O) groups excluding carboxylic acids is 1. The van der Waals surface area contributed by atoms with Crippen molar-refractivity contribution in [2.75, 3.05) is 16.3 Å². The van der Waals surface area contributed by atoms with Crippen LogP contribution in [0.3, 0.4) is 0 Å². The van der Waals surface area contributed by atoms with Gasteiger partial charge < -0.3 is 5.32 Å². The lowest BCUT2D eigenvalue weighted by molar-refractivity contribution is -0.115. The predicted molar refractivity (Wildman–Crippen MR) is 124 cm³/mol. The SMILES string of the molecule is CSc1ccc(NC(=O)Cc2ccc(NS(=O)(=O)c3ccc(Cl)c(Cl)c3)cc2)cc1. The molecule has 0 aromatic heterocycles. The normalized spacial score (nSPS) is 11.2. The van der Waals surface area contributed by atoms with Crippen LogP contribution in [-0.2, 0) is 21.2 Å². The first-order chi connectivity index (χ1) is 14.3. The zero-order valence-corrected chi connectivity index (χ0v) is 19.0. The predicted octanol–water partition coefficient (Wildman–Crippen LogP) is 5.70. The van der Waals surface area contributed by atoms with Gasteiger partial charge in [-0.2, -0.15) is 0 Å². The van der Waals surface area contributed by atoms with E-state index in [0.717, 1.165) is 16.1 Å². The lowest BCUT2D eigenvalue weighted by Gasteiger charge is -2.10. The van der Waals surface area contributed by atoms with E-state index in [1.165, 1.54) is 18.2 Å². The molecule has 0 aliphatic rings. The molecule has 0 aliphatic heterocycles. The largest absolute Gasteiger partial charge is 0.326 e. The van der Waals surface area contributed by atoms with Crippen molar-refractivity contribution in [1.29, 1.82) is 0 Å². The highest BCUT2D eigenvalue weighted by atomic mass is 35.5. The van der Waals surface area contributed by atoms with Gasteiger partial charge in [-0.25, -0.2) is 8.42 Å². The van der Waals surface area contributed by atoms with Crippen LogP contribution in [0.25, 0.3) is 0 Å². The number of benzene rings is 3. The Balaban J connectivity index is 1.62. The fourth-order valence-corrected chi connectivity index (χ4v) is 4.47. The van der Waals surface area contributed by atoms with Gasteiger partial charge in [0.25, 0.3) is 10.0 Å². The maximum absolute atomic E-state index is 12.5. The Kier molecular flexibility index (Phi) is 7.31. The number of rotatable bonds is 7. The number of hydrogen-bond donors (Lipinski definition) is 2. The minimum absolute atomic E-state index is 0.00726. The molecule has 3 aromatic carbocycles. The van der Waals surface area contributed by atoms with Crippen molar-refractivity contribution in [3.05, 3.63) is 82.3 Å². The number of halogens is 2. The molecule has 156 valence electrons. The molecule has 0 saturated heterocycles. The fraction of sp³-hybridized carbons (Fsp3) is 0.0952. The quantitative estimate of drug-likeness (QED) is 0.425. The minimum atomic E-state index is -3.81. The number of thioether (sulfide) groups is 1. The monoisotopic (exact) mass is 480 g/mol. The van der Waals surface area contributed by atoms with Gasteiger partial charge in [-0.15, -0.1) is 11.8 Å². The van der Waals surface area contributed by atoms with Gasteiger partial charge >= 0.3 is 0 Å². The molecule has 2 N–H and O–H groups in total. The Morgan fingerprint density at radius 1 is 0.900 bits per heavy atom. The Bertz CT molecular complexity index is 1150. The van der Waals surface area contributed by atoms with E-state index in [0.29, 0.717) is 5.69 Å². The van der Waals surface area contributed by atoms with Crippen LogP contribution >= 0.6 is 35.0 Å². The van der Waals surface area contributed by atoms with Crippen LogP contribution in [-0.4, -0.2) is 20.6 Å². The van der Waals surface area contributed by atoms with E-state index >= 15 is 0 Å². The van der Waals surface area contributed by atoms with Gasteiger partial charge in [-0.1, -0.05) is 35.3 Å². The molecule has 30 heavy (non-hydrogen) atoms. The van der Waals surface area contributed by atoms with Crippen LogP contribution in [0.5, 0.6) is 0 Å². The number of sulfonamides is 1. The number of hydrogen-bond acceptors (Lipinski definition) is 4. The molecular formula is C21H18Cl2N2O3S2. The third-order valence-corrected chi connectivity index (χ3v) is 7.01. The molecule has 9 heteroatoms. The second-order valence-electron chi connectivity index (χ2n) is 6.33. The molecule has 0 fully saturated rings. The highest BCUT2D eigenvalue weighted by Crippen LogP contribution is 2.26. The average Bonchev–Trinajstić information content (AvgIpc) is 2.71. The van der Waals surface area contributed by atoms with Crippen molar-refractivity contribution in [2.45, 2.75) is 16.2 Å². The molecule has 5 nitrogen and oxygen atoms in total. The third kappa shape index (κ3) is 5.92. The third-order valence-electron chi connectivity index (χ3n) is 4.15. The summed E-state index contributed by atoms with van der Waals surface area (Å²) < 4.78 is 27.5. The molecule has 0 atom stereocenters. The minimum Gasteiger partial charge on any atom is -0.326 e. The van der Waals surface area contributed by atoms with Gasteiger partial charge in [0.05, 0.1) is 21.4 Å². The van der Waals surface area contributed by atoms with Gasteiger partial charge in [0.15, 0.2) is 0 Å². The van der Waals surface area contributed by atoms with Crippen molar-refractivity contribution in [3.63, 3.8) is 0 Å². The Morgan fingerprint density at radius 3 is 2.13 bits per heavy atom. The molecule has 0 aliphatic carbocycles. The summed E-state index contributed by atoms with van der Waals surface area (Å²) in [5.74, 6) is -0.156. The molecule has 0 unspecified atom stereocenters. The second kappa shape index (κ2) is 9.75. The summed E-state index contributed by atoms with van der Waals surface area (Å²) in [6.45, 7) is 0. The lowest BCUT2D eigenvalue weighted by Crippen LogP contribution is -2.15. The van der Waals surface area contributed by atoms with Crippen molar-refractivity contribution in [1.82, 2.24) is 0 Å². The molecule has 0 bridgehead atoms. The van der Waals surface area contributed by atoms with Crippen LogP contribution in [0.2, 0.25) is 10.0 Å². The van der Waals surface area contributed by atoms with E-state index in [-0.39, 0.29) is 27.3 Å². The number of carbonyl (C=O) groups is 1. The highest BCUT2D eigenvalue weighted by molar-refractivity contribution is 7.98. The van der Waals surface area contributed by atoms with Crippen LogP contribution in [0, 0.1) is 0 Å². The van der Waals surface area contributed by atoms with Crippen molar-refractivity contribution >= 4 is 62.3 Å². The fourth-order valence-electron chi connectivity index (χ4n) is 2.61. The summed E-state index contributed by atoms with van der Waals surface area (Å²) in [5.41, 5.74) is 1.85. The Morgan fingerprint density at radius 2 is 1.53 bits per heavy atom. The second-order valence-corrected chi connectivity index (χ2v) is 9.71. The standard InChI is InChI=1S/C21H18Cl2N2O3S2/c1-29-17-8-6-15(7-9-17)24-21(26)12-14-2-4-16(5-3-14)25-30(27,28)18-10-11-19(22)20(23)13-18/h2-11,13,25H,12H2,1H3,(H,24,26). The summed E-state index contributed by atoms with van der Waals surface area (Å²) in [7, 11) is -3.81. The van der Waals surface area contributed by atoms with E-state index in [2.05, 4.69) is 10.0 Å². The highest BCUT2D eigenvalue weighted by Gasteiger charge is 2.16. The van der Waals surface area contributed by atoms with E-state index in [1.807, 2.05) is 30.5 Å². The molecule has 3 aromatic rings. The Hall–Kier alpha value is -2.19. The summed E-state index contributed by atoms with van der Waals surface area (Å²) in [6, 6.07) is 18.3. The van der Waals surface area contributed by atoms with Gasteiger partial charge in [-0.05, 0) is 66.4 Å². The summed E-state index contributed by atoms with van der Waals surface area (Å²) in [6.07, 6.45) is 2.16. The molecule has 0 saturated carbocycles. The zero-order chi connectivity index (χ0) is 21.7. The molecule has 3 rings (SSSR count). The van der Waals surface area contributed by atoms with Gasteiger partial charge in [0.1, 0.15) is 0 Å². The maximum atomic E-state index is 12.5. The summed E-state index contributed by atoms with van der Waals surface area (Å²) >= 11 is 13.4. The van der Waals surface area contributed by atoms with Gasteiger partial charge in [0.2, 0.25) is 5.91 Å². The average molecular weight is 481 g/mol. The first-order valence-corrected chi connectivity index (χ1v) is 12.2. The van der Waals surface area contributed by atoms with Crippen molar-refractivity contribution < 1.29 is 13.2 Å². The van der Waals surface area contributed by atoms with Crippen LogP contribution in [0.1, 0.15) is 5.56 Å². The van der Waals surface area contributed by atoms with Gasteiger partial charge in [0, 0.05) is 16.3 Å². The maximum Gasteiger partial charge on any atom is 0.261 e.